The van der Waals surface area contributed by atoms with Crippen molar-refractivity contribution in [1.82, 2.24) is 10.2 Å². The van der Waals surface area contributed by atoms with Crippen molar-refractivity contribution in [3.8, 4) is 0 Å². The van der Waals surface area contributed by atoms with Gasteiger partial charge in [-0.15, -0.1) is 0 Å². The van der Waals surface area contributed by atoms with E-state index in [0.29, 0.717) is 5.91 Å². The highest BCUT2D eigenvalue weighted by atomic mass is 35.5. The molecule has 8 aliphatic carbocycles. The lowest BCUT2D eigenvalue weighted by molar-refractivity contribution is -0.159. The molecule has 8 bridgehead atoms. The van der Waals surface area contributed by atoms with Gasteiger partial charge in [0.2, 0.25) is 23.0 Å². The first-order chi connectivity index (χ1) is 20.5. The maximum atomic E-state index is 13.1. The lowest BCUT2D eigenvalue weighted by Crippen LogP contribution is -2.56. The van der Waals surface area contributed by atoms with Crippen LogP contribution in [0.5, 0.6) is 0 Å². The third-order valence-electron chi connectivity index (χ3n) is 12.9. The summed E-state index contributed by atoms with van der Waals surface area (Å²) in [6.07, 6.45) is 18.3. The molecule has 8 nitrogen and oxygen atoms in total. The smallest absolute Gasteiger partial charge is 0.228 e. The van der Waals surface area contributed by atoms with Gasteiger partial charge in [-0.25, -0.2) is 0 Å². The fourth-order valence-corrected chi connectivity index (χ4v) is 11.8. The van der Waals surface area contributed by atoms with Gasteiger partial charge in [-0.05, 0) is 163 Å². The van der Waals surface area contributed by atoms with Gasteiger partial charge in [0.15, 0.2) is 0 Å². The van der Waals surface area contributed by atoms with Gasteiger partial charge < -0.3 is 21.7 Å². The van der Waals surface area contributed by atoms with Crippen LogP contribution in [0.2, 0.25) is 0 Å². The summed E-state index contributed by atoms with van der Waals surface area (Å²) in [4.78, 5) is 48.5. The Hall–Kier alpha value is -1.67. The molecule has 0 radical (unpaired) electrons. The van der Waals surface area contributed by atoms with Gasteiger partial charge in [-0.3, -0.25) is 19.2 Å². The van der Waals surface area contributed by atoms with Crippen molar-refractivity contribution in [2.24, 2.45) is 69.6 Å². The lowest BCUT2D eigenvalue weighted by Gasteiger charge is -2.57. The number of nitrogens with two attached hydrogens (primary N) is 2. The van der Waals surface area contributed by atoms with E-state index in [1.165, 1.54) is 38.5 Å². The van der Waals surface area contributed by atoms with Gasteiger partial charge in [0.05, 0.1) is 5.41 Å². The average molecular weight is 617 g/mol. The van der Waals surface area contributed by atoms with Crippen LogP contribution < -0.4 is 16.8 Å². The summed E-state index contributed by atoms with van der Waals surface area (Å²) < 4.78 is 0. The van der Waals surface area contributed by atoms with E-state index in [1.807, 2.05) is 4.90 Å². The number of amides is 3. The number of carbonyl (C=O) groups excluding carboxylic acids is 4. The largest absolute Gasteiger partial charge is 0.369 e. The average Bonchev–Trinajstić information content (AvgIpc) is 2.96. The van der Waals surface area contributed by atoms with Crippen molar-refractivity contribution in [3.05, 3.63) is 0 Å². The molecule has 2 saturated heterocycles. The fraction of sp³-hybridized carbons (Fsp3) is 0.882. The number of likely N-dealkylation sites (tertiary alicyclic amines) is 1. The number of nitrogens with zero attached hydrogens (tertiary/aromatic N) is 1. The lowest BCUT2D eigenvalue weighted by atomic mass is 9.49. The van der Waals surface area contributed by atoms with Crippen LogP contribution in [0.25, 0.3) is 0 Å². The third kappa shape index (κ3) is 6.66. The summed E-state index contributed by atoms with van der Waals surface area (Å²) in [5.74, 6) is 5.08. The molecule has 0 aromatic heterocycles. The van der Waals surface area contributed by atoms with Crippen LogP contribution in [0.1, 0.15) is 103 Å². The number of primary amides is 2. The molecule has 0 atom stereocenters. The Balaban J connectivity index is 0.000000127. The van der Waals surface area contributed by atoms with E-state index in [-0.39, 0.29) is 39.7 Å². The number of piperidine rings is 2. The van der Waals surface area contributed by atoms with Crippen LogP contribution in [0, 0.1) is 58.2 Å². The maximum absolute atomic E-state index is 13.1. The van der Waals surface area contributed by atoms with Crippen LogP contribution >= 0.6 is 11.6 Å². The number of carbonyl (C=O) groups is 4. The molecule has 0 aromatic rings. The molecular weight excluding hydrogens is 564 g/mol. The Bertz CT molecular complexity index is 1010. The molecule has 10 fully saturated rings. The van der Waals surface area contributed by atoms with Crippen LogP contribution in [0.15, 0.2) is 0 Å². The Labute approximate surface area is 262 Å². The first kappa shape index (κ1) is 31.3. The van der Waals surface area contributed by atoms with Crippen LogP contribution in [0.4, 0.5) is 0 Å². The zero-order valence-electron chi connectivity index (χ0n) is 25.9. The van der Waals surface area contributed by atoms with Crippen molar-refractivity contribution >= 4 is 34.6 Å². The van der Waals surface area contributed by atoms with E-state index in [2.05, 4.69) is 5.32 Å². The van der Waals surface area contributed by atoms with Crippen molar-refractivity contribution < 1.29 is 19.2 Å². The second-order valence-corrected chi connectivity index (χ2v) is 16.4. The Morgan fingerprint density at radius 2 is 0.930 bits per heavy atom. The molecule has 2 aliphatic heterocycles. The fourth-order valence-electron chi connectivity index (χ4n) is 11.5. The molecule has 10 rings (SSSR count). The third-order valence-corrected chi connectivity index (χ3v) is 13.3. The van der Waals surface area contributed by atoms with Crippen molar-refractivity contribution in [1.29, 1.82) is 0 Å². The van der Waals surface area contributed by atoms with E-state index in [4.69, 9.17) is 23.1 Å². The number of halogens is 1. The second kappa shape index (κ2) is 12.6. The summed E-state index contributed by atoms with van der Waals surface area (Å²) in [7, 11) is 0. The Kier molecular flexibility index (Phi) is 9.19. The van der Waals surface area contributed by atoms with E-state index in [9.17, 15) is 19.2 Å². The summed E-state index contributed by atoms with van der Waals surface area (Å²) in [6, 6.07) is 0. The van der Waals surface area contributed by atoms with Gasteiger partial charge in [0.25, 0.3) is 0 Å². The zero-order chi connectivity index (χ0) is 30.4. The minimum absolute atomic E-state index is 0.0228. The molecule has 2 heterocycles. The van der Waals surface area contributed by atoms with Gasteiger partial charge >= 0.3 is 0 Å². The molecule has 3 amide bonds. The highest BCUT2D eigenvalue weighted by Crippen LogP contribution is 2.61. The first-order valence-electron chi connectivity index (χ1n) is 17.3. The molecular formula is C34H53ClN4O4. The highest BCUT2D eigenvalue weighted by molar-refractivity contribution is 6.64. The molecule has 8 saturated carbocycles. The zero-order valence-corrected chi connectivity index (χ0v) is 26.6. The Morgan fingerprint density at radius 3 is 1.26 bits per heavy atom. The first-order valence-corrected chi connectivity index (χ1v) is 17.7. The van der Waals surface area contributed by atoms with E-state index in [1.54, 1.807) is 0 Å². The monoisotopic (exact) mass is 616 g/mol. The van der Waals surface area contributed by atoms with Crippen molar-refractivity contribution in [3.63, 3.8) is 0 Å². The molecule has 10 aliphatic rings. The van der Waals surface area contributed by atoms with Gasteiger partial charge in [-0.2, -0.15) is 0 Å². The van der Waals surface area contributed by atoms with Crippen LogP contribution in [-0.4, -0.2) is 54.0 Å². The topological polar surface area (TPSA) is 136 Å². The molecule has 5 N–H and O–H groups in total. The molecule has 0 aromatic carbocycles. The number of nitrogens with one attached hydrogen (secondary N) is 1. The van der Waals surface area contributed by atoms with Gasteiger partial charge in [-0.1, -0.05) is 0 Å². The van der Waals surface area contributed by atoms with Gasteiger partial charge in [0, 0.05) is 30.3 Å². The normalized spacial score (nSPS) is 41.1. The highest BCUT2D eigenvalue weighted by Gasteiger charge is 2.56. The SMILES string of the molecule is NC(=O)C1CCN(C(=O)C23CC4CC(CC(C4)C2)C3)CC1.NC(=O)C1CCNCC1.O=C(Cl)C12CC3CC(CC(C3)C1)C2. The van der Waals surface area contributed by atoms with E-state index in [0.717, 1.165) is 126 Å². The minimum atomic E-state index is -0.197. The predicted octanol–water partition coefficient (Wildman–Crippen LogP) is 4.37. The van der Waals surface area contributed by atoms with E-state index < -0.39 is 0 Å². The Morgan fingerprint density at radius 1 is 0.581 bits per heavy atom. The van der Waals surface area contributed by atoms with Crippen LogP contribution in [-0.2, 0) is 19.2 Å². The molecule has 43 heavy (non-hydrogen) atoms. The quantitative estimate of drug-likeness (QED) is 0.403. The van der Waals surface area contributed by atoms with Crippen molar-refractivity contribution in [2.75, 3.05) is 26.2 Å². The summed E-state index contributed by atoms with van der Waals surface area (Å²) in [5, 5.41) is 3.13. The van der Waals surface area contributed by atoms with Crippen molar-refractivity contribution in [2.45, 2.75) is 103 Å². The minimum Gasteiger partial charge on any atom is -0.369 e. The predicted molar refractivity (Wildman–Crippen MR) is 165 cm³/mol. The number of rotatable bonds is 4. The summed E-state index contributed by atoms with van der Waals surface area (Å²) >= 11 is 5.76. The summed E-state index contributed by atoms with van der Waals surface area (Å²) in [6.45, 7) is 3.34. The molecule has 9 heteroatoms. The number of hydrogen-bond donors (Lipinski definition) is 3. The molecule has 240 valence electrons. The van der Waals surface area contributed by atoms with Gasteiger partial charge in [0.1, 0.15) is 0 Å². The second-order valence-electron chi connectivity index (χ2n) is 16.1. The van der Waals surface area contributed by atoms with E-state index >= 15 is 0 Å². The molecule has 0 spiro atoms. The molecule has 0 unspecified atom stereocenters. The maximum Gasteiger partial charge on any atom is 0.228 e. The number of hydrogen-bond acceptors (Lipinski definition) is 5. The standard InChI is InChI=1S/C17H26N2O2.C11H15ClO.C6H12N2O/c18-15(20)14-1-3-19(4-2-14)16(21)17-8-11-5-12(9-17)7-13(6-11)10-17;12-10(13)11-4-7-1-8(5-11)3-9(2-7)6-11;7-6(9)5-1-3-8-4-2-5/h11-14H,1-10H2,(H2,18,20);7-9H,1-6H2;5,8H,1-4H2,(H2,7,9). The van der Waals surface area contributed by atoms with Crippen LogP contribution in [0.3, 0.4) is 0 Å². The summed E-state index contributed by atoms with van der Waals surface area (Å²) in [5.41, 5.74) is 10.4.